The van der Waals surface area contributed by atoms with Gasteiger partial charge in [-0.05, 0) is 49.5 Å². The van der Waals surface area contributed by atoms with Gasteiger partial charge in [-0.1, -0.05) is 28.1 Å². The van der Waals surface area contributed by atoms with Crippen LogP contribution in [-0.2, 0) is 0 Å². The third-order valence-electron chi connectivity index (χ3n) is 5.61. The molecule has 6 nitrogen and oxygen atoms in total. The highest BCUT2D eigenvalue weighted by Gasteiger charge is 2.22. The molecule has 1 aliphatic rings. The molecule has 3 aromatic heterocycles. The second-order valence-corrected chi connectivity index (χ2v) is 8.25. The average Bonchev–Trinajstić information content (AvgIpc) is 3.25. The SMILES string of the molecule is Cl.Cl.Cl.Nc1ncc(-c2c[nH]nc2C2CCNCC2)cc1-c1cc2c(Br)cccc2cn1. The first-order valence-corrected chi connectivity index (χ1v) is 10.5. The molecule has 0 amide bonds. The van der Waals surface area contributed by atoms with E-state index in [1.165, 1.54) is 0 Å². The third kappa shape index (κ3) is 5.02. The van der Waals surface area contributed by atoms with Crippen molar-refractivity contribution >= 4 is 69.7 Å². The number of nitrogens with one attached hydrogen (secondary N) is 2. The Labute approximate surface area is 213 Å². The second kappa shape index (κ2) is 11.3. The molecule has 4 aromatic rings. The van der Waals surface area contributed by atoms with E-state index in [9.17, 15) is 0 Å². The number of nitrogens with two attached hydrogens (primary N) is 1. The minimum absolute atomic E-state index is 0. The molecule has 0 aliphatic carbocycles. The second-order valence-electron chi connectivity index (χ2n) is 7.40. The number of aromatic nitrogens is 4. The van der Waals surface area contributed by atoms with Crippen LogP contribution in [0.5, 0.6) is 0 Å². The summed E-state index contributed by atoms with van der Waals surface area (Å²) in [5, 5.41) is 13.2. The Morgan fingerprint density at radius 1 is 0.969 bits per heavy atom. The van der Waals surface area contributed by atoms with E-state index in [0.29, 0.717) is 11.7 Å². The molecule has 0 atom stereocenters. The fourth-order valence-corrected chi connectivity index (χ4v) is 4.54. The molecule has 0 unspecified atom stereocenters. The summed E-state index contributed by atoms with van der Waals surface area (Å²) >= 11 is 3.63. The van der Waals surface area contributed by atoms with Gasteiger partial charge in [0.15, 0.2) is 0 Å². The Bertz CT molecular complexity index is 1190. The van der Waals surface area contributed by atoms with Gasteiger partial charge in [-0.2, -0.15) is 5.10 Å². The number of fused-ring (bicyclic) bond motifs is 1. The molecular weight excluding hydrogens is 535 g/mol. The van der Waals surface area contributed by atoms with Crippen LogP contribution in [0.3, 0.4) is 0 Å². The van der Waals surface area contributed by atoms with E-state index >= 15 is 0 Å². The number of nitrogens with zero attached hydrogens (tertiary/aromatic N) is 3. The van der Waals surface area contributed by atoms with Crippen molar-refractivity contribution in [2.24, 2.45) is 0 Å². The summed E-state index contributed by atoms with van der Waals surface area (Å²) in [6.45, 7) is 2.05. The summed E-state index contributed by atoms with van der Waals surface area (Å²) in [5.41, 5.74) is 11.1. The Morgan fingerprint density at radius 2 is 1.75 bits per heavy atom. The number of nitrogen functional groups attached to an aromatic ring is 1. The van der Waals surface area contributed by atoms with Crippen molar-refractivity contribution in [2.45, 2.75) is 18.8 Å². The van der Waals surface area contributed by atoms with Crippen LogP contribution in [0.2, 0.25) is 0 Å². The first kappa shape index (κ1) is 26.4. The summed E-state index contributed by atoms with van der Waals surface area (Å²) in [7, 11) is 0. The zero-order valence-electron chi connectivity index (χ0n) is 17.0. The average molecular weight is 559 g/mol. The lowest BCUT2D eigenvalue weighted by Crippen LogP contribution is -2.27. The van der Waals surface area contributed by atoms with Gasteiger partial charge < -0.3 is 11.1 Å². The molecule has 0 saturated carbocycles. The third-order valence-corrected chi connectivity index (χ3v) is 6.30. The zero-order valence-corrected chi connectivity index (χ0v) is 21.1. The lowest BCUT2D eigenvalue weighted by atomic mass is 9.90. The molecule has 170 valence electrons. The van der Waals surface area contributed by atoms with Crippen molar-refractivity contribution in [2.75, 3.05) is 18.8 Å². The highest BCUT2D eigenvalue weighted by Crippen LogP contribution is 2.35. The fourth-order valence-electron chi connectivity index (χ4n) is 4.05. The predicted octanol–water partition coefficient (Wildman–Crippen LogP) is 5.76. The number of halogens is 4. The summed E-state index contributed by atoms with van der Waals surface area (Å²) < 4.78 is 1.03. The van der Waals surface area contributed by atoms with E-state index in [2.05, 4.69) is 53.5 Å². The van der Waals surface area contributed by atoms with E-state index in [1.807, 2.05) is 36.8 Å². The van der Waals surface area contributed by atoms with Gasteiger partial charge in [-0.25, -0.2) is 4.98 Å². The minimum atomic E-state index is 0. The largest absolute Gasteiger partial charge is 0.383 e. The number of rotatable bonds is 3. The van der Waals surface area contributed by atoms with Gasteiger partial charge >= 0.3 is 0 Å². The van der Waals surface area contributed by atoms with Gasteiger partial charge in [0.1, 0.15) is 5.82 Å². The molecule has 5 rings (SSSR count). The van der Waals surface area contributed by atoms with Crippen LogP contribution in [-0.4, -0.2) is 33.3 Å². The number of anilines is 1. The van der Waals surface area contributed by atoms with Gasteiger partial charge in [0, 0.05) is 51.1 Å². The minimum Gasteiger partial charge on any atom is -0.383 e. The topological polar surface area (TPSA) is 92.5 Å². The van der Waals surface area contributed by atoms with E-state index in [4.69, 9.17) is 5.73 Å². The monoisotopic (exact) mass is 556 g/mol. The van der Waals surface area contributed by atoms with Gasteiger partial charge in [0.05, 0.1) is 11.4 Å². The number of aromatic amines is 1. The molecule has 4 heterocycles. The molecular formula is C22H24BrCl3N6. The fraction of sp³-hybridized carbons (Fsp3) is 0.227. The van der Waals surface area contributed by atoms with Crippen LogP contribution >= 0.6 is 53.2 Å². The summed E-state index contributed by atoms with van der Waals surface area (Å²) in [6.07, 6.45) is 7.84. The first-order valence-electron chi connectivity index (χ1n) is 9.75. The zero-order chi connectivity index (χ0) is 19.8. The van der Waals surface area contributed by atoms with Crippen LogP contribution in [0.4, 0.5) is 5.82 Å². The van der Waals surface area contributed by atoms with Crippen molar-refractivity contribution in [3.63, 3.8) is 0 Å². The molecule has 10 heteroatoms. The Kier molecular flexibility index (Phi) is 9.30. The van der Waals surface area contributed by atoms with Gasteiger partial charge in [0.25, 0.3) is 0 Å². The number of hydrogen-bond donors (Lipinski definition) is 3. The number of hydrogen-bond acceptors (Lipinski definition) is 5. The maximum Gasteiger partial charge on any atom is 0.132 e. The molecule has 1 aromatic carbocycles. The molecule has 1 saturated heterocycles. The molecule has 0 spiro atoms. The quantitative estimate of drug-likeness (QED) is 0.297. The smallest absolute Gasteiger partial charge is 0.132 e. The summed E-state index contributed by atoms with van der Waals surface area (Å²) in [4.78, 5) is 9.11. The van der Waals surface area contributed by atoms with Crippen LogP contribution in [0.15, 0.2) is 53.4 Å². The first-order chi connectivity index (χ1) is 14.2. The standard InChI is InChI=1S/C22H21BrN6.3ClH/c23-19-3-1-2-14-10-26-20(9-16(14)19)17-8-15(11-27-22(17)24)18-12-28-29-21(18)13-4-6-25-7-5-13;;;/h1-3,8-13,25H,4-7H2,(H2,24,27)(H,28,29);3*1H. The van der Waals surface area contributed by atoms with Gasteiger partial charge in [-0.15, -0.1) is 37.2 Å². The maximum absolute atomic E-state index is 6.24. The van der Waals surface area contributed by atoms with E-state index < -0.39 is 0 Å². The van der Waals surface area contributed by atoms with Crippen LogP contribution in [0, 0.1) is 0 Å². The molecule has 0 radical (unpaired) electrons. The Hall–Kier alpha value is -1.90. The number of H-pyrrole nitrogens is 1. The van der Waals surface area contributed by atoms with E-state index in [1.54, 1.807) is 0 Å². The number of piperidine rings is 1. The maximum atomic E-state index is 6.24. The van der Waals surface area contributed by atoms with Crippen LogP contribution in [0.1, 0.15) is 24.5 Å². The lowest BCUT2D eigenvalue weighted by molar-refractivity contribution is 0.453. The highest BCUT2D eigenvalue weighted by atomic mass is 79.9. The van der Waals surface area contributed by atoms with Crippen molar-refractivity contribution < 1.29 is 0 Å². The highest BCUT2D eigenvalue weighted by molar-refractivity contribution is 9.10. The van der Waals surface area contributed by atoms with Crippen molar-refractivity contribution in [3.05, 3.63) is 59.1 Å². The molecule has 1 aliphatic heterocycles. The number of benzene rings is 1. The molecule has 32 heavy (non-hydrogen) atoms. The molecule has 0 bridgehead atoms. The van der Waals surface area contributed by atoms with E-state index in [-0.39, 0.29) is 37.2 Å². The summed E-state index contributed by atoms with van der Waals surface area (Å²) in [6, 6.07) is 10.2. The Morgan fingerprint density at radius 3 is 2.53 bits per heavy atom. The lowest BCUT2D eigenvalue weighted by Gasteiger charge is -2.22. The van der Waals surface area contributed by atoms with Crippen LogP contribution < -0.4 is 11.1 Å². The van der Waals surface area contributed by atoms with Crippen LogP contribution in [0.25, 0.3) is 33.2 Å². The normalized spacial score (nSPS) is 13.7. The van der Waals surface area contributed by atoms with Crippen molar-refractivity contribution in [1.82, 2.24) is 25.5 Å². The molecule has 1 fully saturated rings. The van der Waals surface area contributed by atoms with Gasteiger partial charge in [0.2, 0.25) is 0 Å². The number of pyridine rings is 2. The Balaban J connectivity index is 0.00000121. The molecule has 4 N–H and O–H groups in total. The van der Waals surface area contributed by atoms with Crippen molar-refractivity contribution in [3.8, 4) is 22.4 Å². The van der Waals surface area contributed by atoms with Gasteiger partial charge in [-0.3, -0.25) is 10.1 Å². The summed E-state index contributed by atoms with van der Waals surface area (Å²) in [5.74, 6) is 0.924. The van der Waals surface area contributed by atoms with E-state index in [0.717, 1.165) is 69.3 Å². The predicted molar refractivity (Wildman–Crippen MR) is 141 cm³/mol. The van der Waals surface area contributed by atoms with Crippen molar-refractivity contribution in [1.29, 1.82) is 0 Å².